The van der Waals surface area contributed by atoms with Crippen LogP contribution < -0.4 is 26.2 Å². The number of rotatable bonds is 14. The first-order chi connectivity index (χ1) is 24.6. The normalized spacial score (nSPS) is 14.8. The van der Waals surface area contributed by atoms with Crippen molar-refractivity contribution >= 4 is 40.7 Å². The summed E-state index contributed by atoms with van der Waals surface area (Å²) < 4.78 is 7.05. The van der Waals surface area contributed by atoms with E-state index in [0.29, 0.717) is 69.0 Å². The van der Waals surface area contributed by atoms with Crippen molar-refractivity contribution in [3.63, 3.8) is 0 Å². The number of aliphatic hydroxyl groups excluding tert-OH is 1. The lowest BCUT2D eigenvalue weighted by molar-refractivity contribution is -0.139. The fraction of sp³-hybridized carbons (Fsp3) is 0.270. The lowest BCUT2D eigenvalue weighted by atomic mass is 9.97. The lowest BCUT2D eigenvalue weighted by Gasteiger charge is -2.16. The van der Waals surface area contributed by atoms with Crippen molar-refractivity contribution in [2.24, 2.45) is 0 Å². The first-order valence-electron chi connectivity index (χ1n) is 16.4. The third-order valence-electron chi connectivity index (χ3n) is 8.68. The van der Waals surface area contributed by atoms with Crippen LogP contribution in [0.5, 0.6) is 5.88 Å². The van der Waals surface area contributed by atoms with Gasteiger partial charge in [-0.3, -0.25) is 18.8 Å². The highest BCUT2D eigenvalue weighted by Gasteiger charge is 2.21. The second kappa shape index (κ2) is 16.0. The van der Waals surface area contributed by atoms with Gasteiger partial charge in [-0.2, -0.15) is 0 Å². The first kappa shape index (κ1) is 36.0. The molecule has 5 aromatic rings. The number of ether oxygens (including phenoxy) is 1. The summed E-state index contributed by atoms with van der Waals surface area (Å²) in [5, 5.41) is 28.8. The van der Waals surface area contributed by atoms with E-state index in [1.807, 2.05) is 48.5 Å². The number of nitrogens with zero attached hydrogens (tertiary/aromatic N) is 3. The van der Waals surface area contributed by atoms with Gasteiger partial charge in [-0.1, -0.05) is 65.7 Å². The molecule has 51 heavy (non-hydrogen) atoms. The van der Waals surface area contributed by atoms with E-state index < -0.39 is 18.5 Å². The second-order valence-corrected chi connectivity index (χ2v) is 13.0. The van der Waals surface area contributed by atoms with E-state index >= 15 is 0 Å². The van der Waals surface area contributed by atoms with Crippen LogP contribution in [0.25, 0.3) is 39.2 Å². The average molecular weight is 732 g/mol. The molecule has 3 aromatic heterocycles. The Morgan fingerprint density at radius 3 is 2.41 bits per heavy atom. The van der Waals surface area contributed by atoms with Gasteiger partial charge in [0.15, 0.2) is 0 Å². The smallest absolute Gasteiger partial charge is 0.306 e. The number of nitrogens with one attached hydrogen (secondary N) is 3. The molecule has 1 amide bonds. The van der Waals surface area contributed by atoms with Crippen molar-refractivity contribution in [1.29, 1.82) is 0 Å². The molecule has 0 bridgehead atoms. The number of carboxylic acids is 1. The number of pyridine rings is 2. The van der Waals surface area contributed by atoms with Gasteiger partial charge in [0.2, 0.25) is 11.8 Å². The van der Waals surface area contributed by atoms with Gasteiger partial charge >= 0.3 is 5.97 Å². The van der Waals surface area contributed by atoms with Gasteiger partial charge in [-0.25, -0.2) is 9.97 Å². The molecule has 1 aliphatic rings. The number of carbonyl (C=O) groups excluding carboxylic acids is 1. The zero-order valence-electron chi connectivity index (χ0n) is 27.7. The number of aliphatic carboxylic acids is 1. The Kier molecular flexibility index (Phi) is 11.3. The Hall–Kier alpha value is -4.85. The zero-order chi connectivity index (χ0) is 36.1. The predicted molar refractivity (Wildman–Crippen MR) is 195 cm³/mol. The molecule has 14 heteroatoms. The summed E-state index contributed by atoms with van der Waals surface area (Å²) in [5.41, 5.74) is 5.60. The SMILES string of the molecule is COc1nc(-c2cccc(-c3cccc(-c4ccn5c(=O)c(CNCC(O)CC(=O)O)cnc5c4)c3Cl)c2Cl)ccc1CNC[C@@H]1CCC(=O)N1. The Balaban J connectivity index is 1.22. The summed E-state index contributed by atoms with van der Waals surface area (Å²) in [6.07, 6.45) is 3.00. The van der Waals surface area contributed by atoms with Crippen LogP contribution >= 0.6 is 23.2 Å². The van der Waals surface area contributed by atoms with E-state index in [2.05, 4.69) is 20.9 Å². The molecule has 0 aliphatic carbocycles. The molecule has 12 nitrogen and oxygen atoms in total. The highest BCUT2D eigenvalue weighted by atomic mass is 35.5. The van der Waals surface area contributed by atoms with Gasteiger partial charge in [0.25, 0.3) is 5.56 Å². The summed E-state index contributed by atoms with van der Waals surface area (Å²) in [5.74, 6) is -0.551. The average Bonchev–Trinajstić information content (AvgIpc) is 3.54. The molecular formula is C37H36Cl2N6O6. The first-order valence-corrected chi connectivity index (χ1v) is 17.1. The molecule has 0 saturated carbocycles. The van der Waals surface area contributed by atoms with Crippen molar-refractivity contribution in [3.05, 3.63) is 105 Å². The number of fused-ring (bicyclic) bond motifs is 1. The predicted octanol–water partition coefficient (Wildman–Crippen LogP) is 4.70. The van der Waals surface area contributed by atoms with Gasteiger partial charge in [0.1, 0.15) is 5.65 Å². The Morgan fingerprint density at radius 1 is 1.00 bits per heavy atom. The van der Waals surface area contributed by atoms with Crippen LogP contribution in [0.1, 0.15) is 30.4 Å². The van der Waals surface area contributed by atoms with E-state index in [1.165, 1.54) is 10.6 Å². The molecule has 1 unspecified atom stereocenters. The number of carbonyl (C=O) groups is 2. The minimum absolute atomic E-state index is 0.0218. The van der Waals surface area contributed by atoms with Crippen molar-refractivity contribution in [2.75, 3.05) is 20.2 Å². The zero-order valence-corrected chi connectivity index (χ0v) is 29.2. The van der Waals surface area contributed by atoms with E-state index in [9.17, 15) is 19.5 Å². The number of halogens is 2. The van der Waals surface area contributed by atoms with E-state index in [1.54, 1.807) is 25.4 Å². The molecule has 5 N–H and O–H groups in total. The summed E-state index contributed by atoms with van der Waals surface area (Å²) >= 11 is 14.1. The molecule has 0 radical (unpaired) electrons. The maximum Gasteiger partial charge on any atom is 0.306 e. The molecule has 1 aliphatic heterocycles. The Morgan fingerprint density at radius 2 is 1.71 bits per heavy atom. The van der Waals surface area contributed by atoms with Gasteiger partial charge in [0.05, 0.1) is 35.4 Å². The maximum absolute atomic E-state index is 13.1. The molecule has 0 spiro atoms. The fourth-order valence-electron chi connectivity index (χ4n) is 6.09. The Bertz CT molecular complexity index is 2160. The molecule has 1 saturated heterocycles. The topological polar surface area (TPSA) is 167 Å². The summed E-state index contributed by atoms with van der Waals surface area (Å²) in [6, 6.07) is 18.9. The summed E-state index contributed by atoms with van der Waals surface area (Å²) in [7, 11) is 1.57. The van der Waals surface area contributed by atoms with Gasteiger partial charge in [0, 0.05) is 84.4 Å². The van der Waals surface area contributed by atoms with E-state index in [-0.39, 0.29) is 30.6 Å². The van der Waals surface area contributed by atoms with Crippen LogP contribution in [0.2, 0.25) is 10.0 Å². The number of aliphatic hydroxyl groups is 1. The highest BCUT2D eigenvalue weighted by Crippen LogP contribution is 2.42. The fourth-order valence-corrected chi connectivity index (χ4v) is 6.75. The van der Waals surface area contributed by atoms with Gasteiger partial charge in [-0.05, 0) is 30.2 Å². The molecule has 1 fully saturated rings. The monoisotopic (exact) mass is 730 g/mol. The van der Waals surface area contributed by atoms with Crippen LogP contribution in [-0.4, -0.2) is 68.8 Å². The van der Waals surface area contributed by atoms with Crippen molar-refractivity contribution < 1.29 is 24.5 Å². The highest BCUT2D eigenvalue weighted by molar-refractivity contribution is 6.39. The van der Waals surface area contributed by atoms with Crippen LogP contribution in [0.4, 0.5) is 0 Å². The van der Waals surface area contributed by atoms with Crippen LogP contribution in [0, 0.1) is 0 Å². The third kappa shape index (κ3) is 8.22. The van der Waals surface area contributed by atoms with Crippen molar-refractivity contribution in [1.82, 2.24) is 30.3 Å². The van der Waals surface area contributed by atoms with Crippen LogP contribution in [-0.2, 0) is 22.7 Å². The van der Waals surface area contributed by atoms with E-state index in [4.69, 9.17) is 38.0 Å². The number of amides is 1. The Labute approximate surface area is 303 Å². The second-order valence-electron chi connectivity index (χ2n) is 12.2. The molecule has 2 aromatic carbocycles. The number of carboxylic acid groups (broad SMARTS) is 1. The number of aromatic nitrogens is 3. The number of hydrogen-bond donors (Lipinski definition) is 5. The van der Waals surface area contributed by atoms with Crippen LogP contribution in [0.15, 0.2) is 77.9 Å². The lowest BCUT2D eigenvalue weighted by Crippen LogP contribution is -2.35. The number of hydrogen-bond acceptors (Lipinski definition) is 9. The quantitative estimate of drug-likeness (QED) is 0.108. The maximum atomic E-state index is 13.1. The minimum atomic E-state index is -1.10. The summed E-state index contributed by atoms with van der Waals surface area (Å²) in [6.45, 7) is 1.32. The molecule has 264 valence electrons. The molecule has 4 heterocycles. The molecular weight excluding hydrogens is 695 g/mol. The standard InChI is InChI=1S/C37H36Cl2N6O6/c1-51-36-22(16-40-19-24-9-11-32(47)43-24)8-10-30(44-36)29-7-3-6-28(35(29)39)27-5-2-4-26(34(27)38)21-12-13-45-31(14-21)42-18-23(37(45)50)17-41-20-25(46)15-33(48)49/h2-8,10,12-14,18,24-25,40-41,46H,9,11,15-17,19-20H2,1H3,(H,43,47)(H,48,49)/t24-,25?/m0/s1. The van der Waals surface area contributed by atoms with Crippen LogP contribution in [0.3, 0.4) is 0 Å². The van der Waals surface area contributed by atoms with Crippen molar-refractivity contribution in [3.8, 4) is 39.4 Å². The molecule has 2 atom stereocenters. The minimum Gasteiger partial charge on any atom is -0.481 e. The summed E-state index contributed by atoms with van der Waals surface area (Å²) in [4.78, 5) is 44.7. The number of methoxy groups -OCH3 is 1. The van der Waals surface area contributed by atoms with Gasteiger partial charge in [-0.15, -0.1) is 0 Å². The van der Waals surface area contributed by atoms with E-state index in [0.717, 1.165) is 23.1 Å². The van der Waals surface area contributed by atoms with Gasteiger partial charge < -0.3 is 30.9 Å². The molecule has 6 rings (SSSR count). The van der Waals surface area contributed by atoms with Crippen molar-refractivity contribution in [2.45, 2.75) is 44.5 Å². The largest absolute Gasteiger partial charge is 0.481 e. The number of benzene rings is 2. The third-order valence-corrected chi connectivity index (χ3v) is 9.50.